The Morgan fingerprint density at radius 2 is 1.91 bits per heavy atom. The normalized spacial score (nSPS) is 11.6. The van der Waals surface area contributed by atoms with E-state index < -0.39 is 8.25 Å². The molecule has 66 valence electrons. The van der Waals surface area contributed by atoms with E-state index in [2.05, 4.69) is 4.52 Å². The third-order valence-electron chi connectivity index (χ3n) is 1.30. The first-order valence-corrected chi connectivity index (χ1v) is 4.89. The monoisotopic (exact) mass is 180 g/mol. The van der Waals surface area contributed by atoms with Gasteiger partial charge in [-0.05, 0) is 19.4 Å². The summed E-state index contributed by atoms with van der Waals surface area (Å²) >= 11 is 0. The van der Waals surface area contributed by atoms with Crippen LogP contribution in [0.25, 0.3) is 0 Å². The Morgan fingerprint density at radius 1 is 1.27 bits per heavy atom. The van der Waals surface area contributed by atoms with Crippen LogP contribution in [-0.2, 0) is 9.09 Å². The maximum absolute atomic E-state index is 9.99. The van der Waals surface area contributed by atoms with E-state index in [0.717, 1.165) is 32.2 Å². The highest BCUT2D eigenvalue weighted by Gasteiger charge is 2.09. The van der Waals surface area contributed by atoms with Gasteiger partial charge in [-0.25, -0.2) is 0 Å². The summed E-state index contributed by atoms with van der Waals surface area (Å²) in [5, 5.41) is 0. The zero-order valence-electron chi connectivity index (χ0n) is 6.53. The summed E-state index contributed by atoms with van der Waals surface area (Å²) < 4.78 is 14.4. The SMILES string of the molecule is NCCCCCCO[P+](=O)O. The zero-order valence-corrected chi connectivity index (χ0v) is 7.43. The Morgan fingerprint density at radius 3 is 2.45 bits per heavy atom. The molecule has 4 nitrogen and oxygen atoms in total. The molecule has 0 aromatic rings. The fraction of sp³-hybridized carbons (Fsp3) is 1.00. The lowest BCUT2D eigenvalue weighted by molar-refractivity contribution is 0.273. The number of rotatable bonds is 7. The summed E-state index contributed by atoms with van der Waals surface area (Å²) in [5.74, 6) is 0. The molecule has 3 N–H and O–H groups in total. The highest BCUT2D eigenvalue weighted by atomic mass is 31.1. The van der Waals surface area contributed by atoms with Crippen molar-refractivity contribution in [2.24, 2.45) is 5.73 Å². The van der Waals surface area contributed by atoms with Crippen molar-refractivity contribution in [2.75, 3.05) is 13.2 Å². The second-order valence-corrected chi connectivity index (χ2v) is 3.01. The highest BCUT2D eigenvalue weighted by Crippen LogP contribution is 2.15. The van der Waals surface area contributed by atoms with Gasteiger partial charge in [-0.3, -0.25) is 0 Å². The van der Waals surface area contributed by atoms with Crippen molar-refractivity contribution < 1.29 is 14.0 Å². The molecular formula is C6H15NO3P+. The van der Waals surface area contributed by atoms with Crippen LogP contribution < -0.4 is 5.73 Å². The van der Waals surface area contributed by atoms with Crippen molar-refractivity contribution in [2.45, 2.75) is 25.7 Å². The van der Waals surface area contributed by atoms with Crippen LogP contribution in [0.1, 0.15) is 25.7 Å². The summed E-state index contributed by atoms with van der Waals surface area (Å²) in [5.41, 5.74) is 5.27. The Hall–Kier alpha value is -0.0200. The first-order chi connectivity index (χ1) is 5.27. The molecule has 0 saturated carbocycles. The van der Waals surface area contributed by atoms with Crippen LogP contribution in [0.4, 0.5) is 0 Å². The van der Waals surface area contributed by atoms with Gasteiger partial charge in [0.05, 0.1) is 0 Å². The zero-order chi connectivity index (χ0) is 8.53. The molecule has 0 heterocycles. The van der Waals surface area contributed by atoms with Gasteiger partial charge in [-0.2, -0.15) is 0 Å². The van der Waals surface area contributed by atoms with Crippen molar-refractivity contribution in [3.05, 3.63) is 0 Å². The van der Waals surface area contributed by atoms with Crippen LogP contribution in [0, 0.1) is 0 Å². The van der Waals surface area contributed by atoms with Crippen LogP contribution in [0.2, 0.25) is 0 Å². The number of hydrogen-bond donors (Lipinski definition) is 2. The predicted octanol–water partition coefficient (Wildman–Crippen LogP) is 1.17. The van der Waals surface area contributed by atoms with Crippen molar-refractivity contribution in [3.63, 3.8) is 0 Å². The summed E-state index contributed by atoms with van der Waals surface area (Å²) in [6.45, 7) is 1.09. The molecule has 5 heteroatoms. The number of nitrogens with two attached hydrogens (primary N) is 1. The smallest absolute Gasteiger partial charge is 0.330 e. The third-order valence-corrected chi connectivity index (χ3v) is 1.70. The molecule has 0 aliphatic carbocycles. The van der Waals surface area contributed by atoms with Crippen LogP contribution in [0.5, 0.6) is 0 Å². The fourth-order valence-electron chi connectivity index (χ4n) is 0.743. The molecule has 0 aliphatic rings. The lowest BCUT2D eigenvalue weighted by Crippen LogP contribution is -1.98. The van der Waals surface area contributed by atoms with Gasteiger partial charge < -0.3 is 5.73 Å². The average Bonchev–Trinajstić information content (AvgIpc) is 1.96. The maximum Gasteiger partial charge on any atom is 0.694 e. The molecule has 0 saturated heterocycles. The van der Waals surface area contributed by atoms with Crippen LogP contribution in [0.3, 0.4) is 0 Å². The van der Waals surface area contributed by atoms with Crippen molar-refractivity contribution in [1.29, 1.82) is 0 Å². The molecule has 0 amide bonds. The quantitative estimate of drug-likeness (QED) is 0.455. The fourth-order valence-corrected chi connectivity index (χ4v) is 1.03. The van der Waals surface area contributed by atoms with E-state index in [1.54, 1.807) is 0 Å². The summed E-state index contributed by atoms with van der Waals surface area (Å²) in [4.78, 5) is 8.22. The van der Waals surface area contributed by atoms with E-state index in [0.29, 0.717) is 6.61 Å². The molecule has 1 atom stereocenters. The van der Waals surface area contributed by atoms with Crippen LogP contribution in [-0.4, -0.2) is 18.0 Å². The molecule has 0 fully saturated rings. The van der Waals surface area contributed by atoms with Gasteiger partial charge in [-0.1, -0.05) is 12.8 Å². The number of hydrogen-bond acceptors (Lipinski definition) is 3. The second-order valence-electron chi connectivity index (χ2n) is 2.27. The first-order valence-electron chi connectivity index (χ1n) is 3.76. The summed E-state index contributed by atoms with van der Waals surface area (Å²) in [6, 6.07) is 0. The molecule has 0 rings (SSSR count). The second kappa shape index (κ2) is 8.08. The van der Waals surface area contributed by atoms with Gasteiger partial charge in [-0.15, -0.1) is 9.42 Å². The van der Waals surface area contributed by atoms with E-state index in [4.69, 9.17) is 10.6 Å². The predicted molar refractivity (Wildman–Crippen MR) is 43.3 cm³/mol. The maximum atomic E-state index is 9.99. The molecule has 0 aromatic heterocycles. The topological polar surface area (TPSA) is 72.5 Å². The molecule has 1 unspecified atom stereocenters. The van der Waals surface area contributed by atoms with Gasteiger partial charge in [0.2, 0.25) is 0 Å². The molecule has 11 heavy (non-hydrogen) atoms. The minimum absolute atomic E-state index is 0.371. The summed E-state index contributed by atoms with van der Waals surface area (Å²) in [6.07, 6.45) is 3.94. The van der Waals surface area contributed by atoms with Crippen LogP contribution in [0.15, 0.2) is 0 Å². The molecule has 0 bridgehead atoms. The minimum atomic E-state index is -2.40. The standard InChI is InChI=1S/C6H14NO3P/c7-5-3-1-2-4-6-10-11(8)9/h1-7H2/p+1. The Kier molecular flexibility index (Phi) is 8.07. The van der Waals surface area contributed by atoms with Crippen molar-refractivity contribution in [3.8, 4) is 0 Å². The van der Waals surface area contributed by atoms with Gasteiger partial charge >= 0.3 is 8.25 Å². The van der Waals surface area contributed by atoms with E-state index in [1.807, 2.05) is 0 Å². The van der Waals surface area contributed by atoms with Crippen LogP contribution >= 0.6 is 8.25 Å². The largest absolute Gasteiger partial charge is 0.694 e. The Labute approximate surface area is 67.7 Å². The van der Waals surface area contributed by atoms with E-state index in [1.165, 1.54) is 0 Å². The van der Waals surface area contributed by atoms with E-state index in [9.17, 15) is 4.57 Å². The Balaban J connectivity index is 2.85. The minimum Gasteiger partial charge on any atom is -0.330 e. The van der Waals surface area contributed by atoms with Gasteiger partial charge in [0.1, 0.15) is 6.61 Å². The summed E-state index contributed by atoms with van der Waals surface area (Å²) in [7, 11) is -2.40. The molecular weight excluding hydrogens is 165 g/mol. The Bertz CT molecular complexity index is 110. The molecule has 0 radical (unpaired) electrons. The lowest BCUT2D eigenvalue weighted by atomic mass is 10.2. The first kappa shape index (κ1) is 11.0. The van der Waals surface area contributed by atoms with Crippen molar-refractivity contribution >= 4 is 8.25 Å². The van der Waals surface area contributed by atoms with E-state index >= 15 is 0 Å². The van der Waals surface area contributed by atoms with E-state index in [-0.39, 0.29) is 0 Å². The van der Waals surface area contributed by atoms with Gasteiger partial charge in [0, 0.05) is 4.57 Å². The lowest BCUT2D eigenvalue weighted by Gasteiger charge is -1.94. The third kappa shape index (κ3) is 9.98. The van der Waals surface area contributed by atoms with Crippen molar-refractivity contribution in [1.82, 2.24) is 0 Å². The highest BCUT2D eigenvalue weighted by molar-refractivity contribution is 7.32. The number of unbranched alkanes of at least 4 members (excludes halogenated alkanes) is 3. The molecule has 0 aromatic carbocycles. The van der Waals surface area contributed by atoms with Gasteiger partial charge in [0.25, 0.3) is 0 Å². The molecule has 0 spiro atoms. The average molecular weight is 180 g/mol. The molecule has 0 aliphatic heterocycles. The van der Waals surface area contributed by atoms with Gasteiger partial charge in [0.15, 0.2) is 0 Å².